The van der Waals surface area contributed by atoms with Crippen LogP contribution in [-0.2, 0) is 0 Å². The van der Waals surface area contributed by atoms with Gasteiger partial charge in [-0.15, -0.1) is 0 Å². The predicted octanol–water partition coefficient (Wildman–Crippen LogP) is 2.79. The highest BCUT2D eigenvalue weighted by Gasteiger charge is 2.27. The average molecular weight is 253 g/mol. The molecule has 0 N–H and O–H groups in total. The van der Waals surface area contributed by atoms with Crippen LogP contribution in [0.5, 0.6) is 0 Å². The molecule has 2 atom stereocenters. The fraction of sp³-hybridized carbons (Fsp3) is 0.462. The van der Waals surface area contributed by atoms with Crippen LogP contribution in [0.25, 0.3) is 0 Å². The van der Waals surface area contributed by atoms with E-state index in [1.54, 1.807) is 23.1 Å². The maximum absolute atomic E-state index is 13.5. The molecule has 1 aromatic rings. The topological polar surface area (TPSA) is 20.3 Å². The maximum Gasteiger partial charge on any atom is 0.256 e. The molecule has 2 rings (SSSR count). The second-order valence-corrected chi connectivity index (χ2v) is 6.33. The Morgan fingerprint density at radius 2 is 1.88 bits per heavy atom. The average Bonchev–Trinajstić information content (AvgIpc) is 2.27. The maximum atomic E-state index is 13.5. The van der Waals surface area contributed by atoms with Crippen LogP contribution in [0.4, 0.5) is 4.39 Å². The molecule has 1 amide bonds. The number of carbonyl (C=O) groups excluding carboxylic acids is 1. The van der Waals surface area contributed by atoms with Gasteiger partial charge in [0.05, 0.1) is 5.56 Å². The van der Waals surface area contributed by atoms with Crippen molar-refractivity contribution in [2.24, 2.45) is 0 Å². The van der Waals surface area contributed by atoms with Gasteiger partial charge in [0.25, 0.3) is 5.91 Å². The SMILES string of the molecule is CC1CN(C(=O)c2ccccc2F)CC(C)S1. The fourth-order valence-corrected chi connectivity index (χ4v) is 3.47. The van der Waals surface area contributed by atoms with E-state index in [4.69, 9.17) is 0 Å². The van der Waals surface area contributed by atoms with Gasteiger partial charge < -0.3 is 4.90 Å². The molecule has 0 spiro atoms. The second kappa shape index (κ2) is 5.08. The van der Waals surface area contributed by atoms with Gasteiger partial charge in [-0.05, 0) is 12.1 Å². The molecule has 0 bridgehead atoms. The van der Waals surface area contributed by atoms with Crippen LogP contribution in [-0.4, -0.2) is 34.4 Å². The molecule has 2 nitrogen and oxygen atoms in total. The molecule has 1 saturated heterocycles. The molecular formula is C13H16FNOS. The van der Waals surface area contributed by atoms with Gasteiger partial charge in [0.1, 0.15) is 5.82 Å². The summed E-state index contributed by atoms with van der Waals surface area (Å²) in [5.74, 6) is -0.627. The number of rotatable bonds is 1. The predicted molar refractivity (Wildman–Crippen MR) is 68.8 cm³/mol. The van der Waals surface area contributed by atoms with E-state index < -0.39 is 5.82 Å². The number of amides is 1. The number of nitrogens with zero attached hydrogens (tertiary/aromatic N) is 1. The van der Waals surface area contributed by atoms with Gasteiger partial charge in [0.2, 0.25) is 0 Å². The highest BCUT2D eigenvalue weighted by atomic mass is 32.2. The summed E-state index contributed by atoms with van der Waals surface area (Å²) >= 11 is 1.87. The molecule has 0 aliphatic carbocycles. The minimum atomic E-state index is -0.434. The summed E-state index contributed by atoms with van der Waals surface area (Å²) < 4.78 is 13.5. The quantitative estimate of drug-likeness (QED) is 0.767. The Kier molecular flexibility index (Phi) is 3.72. The molecule has 4 heteroatoms. The fourth-order valence-electron chi connectivity index (χ4n) is 2.15. The van der Waals surface area contributed by atoms with Gasteiger partial charge in [0, 0.05) is 23.6 Å². The lowest BCUT2D eigenvalue weighted by Crippen LogP contribution is -2.44. The lowest BCUT2D eigenvalue weighted by atomic mass is 10.1. The van der Waals surface area contributed by atoms with Crippen molar-refractivity contribution >= 4 is 17.7 Å². The number of benzene rings is 1. The summed E-state index contributed by atoms with van der Waals surface area (Å²) in [7, 11) is 0. The Balaban J connectivity index is 2.17. The summed E-state index contributed by atoms with van der Waals surface area (Å²) in [5.41, 5.74) is 0.179. The highest BCUT2D eigenvalue weighted by Crippen LogP contribution is 2.26. The molecule has 92 valence electrons. The second-order valence-electron chi connectivity index (χ2n) is 4.45. The van der Waals surface area contributed by atoms with Gasteiger partial charge >= 0.3 is 0 Å². The number of thioether (sulfide) groups is 1. The molecule has 0 radical (unpaired) electrons. The summed E-state index contributed by atoms with van der Waals surface area (Å²) in [6.45, 7) is 5.59. The first kappa shape index (κ1) is 12.4. The standard InChI is InChI=1S/C13H16FNOS/c1-9-7-15(8-10(2)17-9)13(16)11-5-3-4-6-12(11)14/h3-6,9-10H,7-8H2,1-2H3. The van der Waals surface area contributed by atoms with Crippen molar-refractivity contribution < 1.29 is 9.18 Å². The Labute approximate surface area is 105 Å². The van der Waals surface area contributed by atoms with Crippen molar-refractivity contribution in [1.82, 2.24) is 4.90 Å². The first-order valence-corrected chi connectivity index (χ1v) is 6.71. The monoisotopic (exact) mass is 253 g/mol. The normalized spacial score (nSPS) is 24.8. The third-order valence-electron chi connectivity index (χ3n) is 2.81. The number of hydrogen-bond acceptors (Lipinski definition) is 2. The summed E-state index contributed by atoms with van der Waals surface area (Å²) in [4.78, 5) is 13.9. The van der Waals surface area contributed by atoms with Crippen LogP contribution in [0.2, 0.25) is 0 Å². The molecule has 1 heterocycles. The summed E-state index contributed by atoms with van der Waals surface area (Å²) in [6.07, 6.45) is 0. The third-order valence-corrected chi connectivity index (χ3v) is 4.04. The molecular weight excluding hydrogens is 237 g/mol. The first-order chi connectivity index (χ1) is 8.08. The van der Waals surface area contributed by atoms with Crippen LogP contribution < -0.4 is 0 Å². The molecule has 2 unspecified atom stereocenters. The largest absolute Gasteiger partial charge is 0.336 e. The zero-order chi connectivity index (χ0) is 12.4. The summed E-state index contributed by atoms with van der Waals surface area (Å²) in [5, 5.41) is 0.823. The van der Waals surface area contributed by atoms with Crippen LogP contribution in [0.3, 0.4) is 0 Å². The van der Waals surface area contributed by atoms with Gasteiger partial charge in [-0.2, -0.15) is 11.8 Å². The van der Waals surface area contributed by atoms with Crippen LogP contribution in [0.15, 0.2) is 24.3 Å². The van der Waals surface area contributed by atoms with Crippen molar-refractivity contribution in [2.75, 3.05) is 13.1 Å². The lowest BCUT2D eigenvalue weighted by molar-refractivity contribution is 0.0748. The highest BCUT2D eigenvalue weighted by molar-refractivity contribution is 8.00. The molecule has 0 saturated carbocycles. The number of hydrogen-bond donors (Lipinski definition) is 0. The third kappa shape index (κ3) is 2.80. The van der Waals surface area contributed by atoms with Crippen molar-refractivity contribution in [3.8, 4) is 0 Å². The van der Waals surface area contributed by atoms with E-state index in [-0.39, 0.29) is 11.5 Å². The van der Waals surface area contributed by atoms with E-state index in [1.165, 1.54) is 6.07 Å². The Morgan fingerprint density at radius 1 is 1.29 bits per heavy atom. The van der Waals surface area contributed by atoms with Crippen LogP contribution in [0.1, 0.15) is 24.2 Å². The van der Waals surface area contributed by atoms with Crippen molar-refractivity contribution in [1.29, 1.82) is 0 Å². The van der Waals surface area contributed by atoms with Crippen molar-refractivity contribution in [3.63, 3.8) is 0 Å². The molecule has 1 aliphatic heterocycles. The number of halogens is 1. The van der Waals surface area contributed by atoms with Gasteiger partial charge in [0.15, 0.2) is 0 Å². The Bertz CT molecular complexity index is 414. The molecule has 17 heavy (non-hydrogen) atoms. The zero-order valence-electron chi connectivity index (χ0n) is 10.0. The van der Waals surface area contributed by atoms with E-state index in [0.29, 0.717) is 23.6 Å². The lowest BCUT2D eigenvalue weighted by Gasteiger charge is -2.34. The van der Waals surface area contributed by atoms with Gasteiger partial charge in [-0.25, -0.2) is 4.39 Å². The zero-order valence-corrected chi connectivity index (χ0v) is 10.8. The van der Waals surface area contributed by atoms with Crippen molar-refractivity contribution in [2.45, 2.75) is 24.3 Å². The molecule has 1 aliphatic rings. The van der Waals surface area contributed by atoms with Gasteiger partial charge in [-0.1, -0.05) is 26.0 Å². The minimum Gasteiger partial charge on any atom is -0.336 e. The number of carbonyl (C=O) groups is 1. The first-order valence-electron chi connectivity index (χ1n) is 5.77. The van der Waals surface area contributed by atoms with Crippen LogP contribution >= 0.6 is 11.8 Å². The summed E-state index contributed by atoms with van der Waals surface area (Å²) in [6, 6.07) is 6.18. The van der Waals surface area contributed by atoms with E-state index in [1.807, 2.05) is 11.8 Å². The smallest absolute Gasteiger partial charge is 0.256 e. The Hall–Kier alpha value is -1.03. The minimum absolute atomic E-state index is 0.179. The van der Waals surface area contributed by atoms with E-state index in [9.17, 15) is 9.18 Å². The molecule has 0 aromatic heterocycles. The van der Waals surface area contributed by atoms with E-state index in [2.05, 4.69) is 13.8 Å². The van der Waals surface area contributed by atoms with Gasteiger partial charge in [-0.3, -0.25) is 4.79 Å². The van der Waals surface area contributed by atoms with E-state index in [0.717, 1.165) is 0 Å². The molecule has 1 aromatic carbocycles. The Morgan fingerprint density at radius 3 is 2.47 bits per heavy atom. The van der Waals surface area contributed by atoms with Crippen molar-refractivity contribution in [3.05, 3.63) is 35.6 Å². The molecule has 1 fully saturated rings. The van der Waals surface area contributed by atoms with Crippen LogP contribution in [0, 0.1) is 5.82 Å². The van der Waals surface area contributed by atoms with E-state index >= 15 is 0 Å².